The Bertz CT molecular complexity index is 342. The maximum absolute atomic E-state index is 11.2. The molecule has 1 rings (SSSR count). The van der Waals surface area contributed by atoms with Gasteiger partial charge in [0.25, 0.3) is 0 Å². The van der Waals surface area contributed by atoms with Crippen LogP contribution in [0.3, 0.4) is 0 Å². The van der Waals surface area contributed by atoms with Crippen molar-refractivity contribution in [2.75, 3.05) is 6.61 Å². The van der Waals surface area contributed by atoms with Gasteiger partial charge in [-0.25, -0.2) is 0 Å². The molecule has 0 spiro atoms. The van der Waals surface area contributed by atoms with Crippen LogP contribution < -0.4 is 4.74 Å². The summed E-state index contributed by atoms with van der Waals surface area (Å²) in [6.07, 6.45) is 2.23. The van der Waals surface area contributed by atoms with Crippen molar-refractivity contribution in [2.45, 2.75) is 33.6 Å². The third kappa shape index (κ3) is 4.47. The molecule has 2 heteroatoms. The SMILES string of the molecule is CC(=O)c1cccc(OCCCC(C)C)c1. The Labute approximate surface area is 97.6 Å². The van der Waals surface area contributed by atoms with Gasteiger partial charge in [-0.1, -0.05) is 26.0 Å². The maximum atomic E-state index is 11.2. The summed E-state index contributed by atoms with van der Waals surface area (Å²) in [6.45, 7) is 6.70. The minimum atomic E-state index is 0.0765. The summed E-state index contributed by atoms with van der Waals surface area (Å²) in [5.74, 6) is 1.58. The molecule has 1 aromatic carbocycles. The summed E-state index contributed by atoms with van der Waals surface area (Å²) >= 11 is 0. The predicted octanol–water partition coefficient (Wildman–Crippen LogP) is 3.70. The Kier molecular flexibility index (Phi) is 5.03. The molecule has 0 unspecified atom stereocenters. The molecule has 0 atom stereocenters. The first-order valence-electron chi connectivity index (χ1n) is 5.83. The highest BCUT2D eigenvalue weighted by molar-refractivity contribution is 5.94. The van der Waals surface area contributed by atoms with E-state index < -0.39 is 0 Å². The second kappa shape index (κ2) is 6.31. The summed E-state index contributed by atoms with van der Waals surface area (Å²) < 4.78 is 5.60. The van der Waals surface area contributed by atoms with Crippen LogP contribution in [0.1, 0.15) is 44.0 Å². The average molecular weight is 220 g/mol. The number of carbonyl (C=O) groups is 1. The van der Waals surface area contributed by atoms with Crippen molar-refractivity contribution in [3.8, 4) is 5.75 Å². The molecular formula is C14H20O2. The van der Waals surface area contributed by atoms with Crippen LogP contribution in [0.25, 0.3) is 0 Å². The van der Waals surface area contributed by atoms with E-state index in [2.05, 4.69) is 13.8 Å². The molecule has 0 fully saturated rings. The van der Waals surface area contributed by atoms with Crippen LogP contribution in [0.5, 0.6) is 5.75 Å². The molecule has 0 heterocycles. The van der Waals surface area contributed by atoms with Crippen LogP contribution in [-0.4, -0.2) is 12.4 Å². The Morgan fingerprint density at radius 2 is 2.12 bits per heavy atom. The van der Waals surface area contributed by atoms with Crippen LogP contribution in [0, 0.1) is 5.92 Å². The van der Waals surface area contributed by atoms with Crippen molar-refractivity contribution in [1.29, 1.82) is 0 Å². The largest absolute Gasteiger partial charge is 0.494 e. The van der Waals surface area contributed by atoms with Gasteiger partial charge in [0, 0.05) is 5.56 Å². The molecule has 2 nitrogen and oxygen atoms in total. The zero-order valence-electron chi connectivity index (χ0n) is 10.3. The molecule has 88 valence electrons. The lowest BCUT2D eigenvalue weighted by Crippen LogP contribution is -2.00. The van der Waals surface area contributed by atoms with Crippen LogP contribution in [0.4, 0.5) is 0 Å². The zero-order valence-corrected chi connectivity index (χ0v) is 10.3. The number of Topliss-reactive ketones (excluding diaryl/α,β-unsaturated/α-hetero) is 1. The number of hydrogen-bond acceptors (Lipinski definition) is 2. The highest BCUT2D eigenvalue weighted by atomic mass is 16.5. The van der Waals surface area contributed by atoms with E-state index in [0.29, 0.717) is 11.5 Å². The van der Waals surface area contributed by atoms with Crippen LogP contribution >= 0.6 is 0 Å². The van der Waals surface area contributed by atoms with Crippen molar-refractivity contribution in [3.05, 3.63) is 29.8 Å². The second-order valence-corrected chi connectivity index (χ2v) is 4.47. The van der Waals surface area contributed by atoms with E-state index in [9.17, 15) is 4.79 Å². The number of benzene rings is 1. The number of carbonyl (C=O) groups excluding carboxylic acids is 1. The Morgan fingerprint density at radius 3 is 2.75 bits per heavy atom. The monoisotopic (exact) mass is 220 g/mol. The summed E-state index contributed by atoms with van der Waals surface area (Å²) in [6, 6.07) is 7.36. The predicted molar refractivity (Wildman–Crippen MR) is 66.0 cm³/mol. The highest BCUT2D eigenvalue weighted by Crippen LogP contribution is 2.14. The van der Waals surface area contributed by atoms with Crippen molar-refractivity contribution in [3.63, 3.8) is 0 Å². The second-order valence-electron chi connectivity index (χ2n) is 4.47. The Morgan fingerprint density at radius 1 is 1.38 bits per heavy atom. The minimum Gasteiger partial charge on any atom is -0.494 e. The first-order valence-corrected chi connectivity index (χ1v) is 5.83. The van der Waals surface area contributed by atoms with Crippen LogP contribution in [0.2, 0.25) is 0 Å². The van der Waals surface area contributed by atoms with E-state index in [1.54, 1.807) is 13.0 Å². The van der Waals surface area contributed by atoms with E-state index in [-0.39, 0.29) is 5.78 Å². The molecule has 0 aliphatic rings. The molecule has 0 aliphatic carbocycles. The molecule has 0 amide bonds. The summed E-state index contributed by atoms with van der Waals surface area (Å²) in [5.41, 5.74) is 0.710. The van der Waals surface area contributed by atoms with Crippen molar-refractivity contribution >= 4 is 5.78 Å². The quantitative estimate of drug-likeness (QED) is 0.539. The standard InChI is InChI=1S/C14H20O2/c1-11(2)6-5-9-16-14-8-4-7-13(10-14)12(3)15/h4,7-8,10-11H,5-6,9H2,1-3H3. The van der Waals surface area contributed by atoms with E-state index in [0.717, 1.165) is 18.8 Å². The van der Waals surface area contributed by atoms with Crippen molar-refractivity contribution in [1.82, 2.24) is 0 Å². The molecule has 0 saturated carbocycles. The average Bonchev–Trinajstić information content (AvgIpc) is 2.24. The number of ketones is 1. The first kappa shape index (κ1) is 12.8. The lowest BCUT2D eigenvalue weighted by molar-refractivity contribution is 0.101. The fraction of sp³-hybridized carbons (Fsp3) is 0.500. The Hall–Kier alpha value is -1.31. The van der Waals surface area contributed by atoms with Gasteiger partial charge in [0.15, 0.2) is 5.78 Å². The van der Waals surface area contributed by atoms with Gasteiger partial charge in [0.05, 0.1) is 6.61 Å². The van der Waals surface area contributed by atoms with Gasteiger partial charge >= 0.3 is 0 Å². The van der Waals surface area contributed by atoms with E-state index in [4.69, 9.17) is 4.74 Å². The third-order valence-corrected chi connectivity index (χ3v) is 2.44. The topological polar surface area (TPSA) is 26.3 Å². The lowest BCUT2D eigenvalue weighted by Gasteiger charge is -2.08. The first-order chi connectivity index (χ1) is 7.59. The molecule has 0 aliphatic heterocycles. The molecule has 0 N–H and O–H groups in total. The van der Waals surface area contributed by atoms with Crippen LogP contribution in [-0.2, 0) is 0 Å². The van der Waals surface area contributed by atoms with E-state index in [1.807, 2.05) is 18.2 Å². The van der Waals surface area contributed by atoms with E-state index >= 15 is 0 Å². The van der Waals surface area contributed by atoms with Crippen molar-refractivity contribution in [2.24, 2.45) is 5.92 Å². The van der Waals surface area contributed by atoms with Gasteiger partial charge in [-0.15, -0.1) is 0 Å². The molecule has 0 radical (unpaired) electrons. The maximum Gasteiger partial charge on any atom is 0.159 e. The molecule has 16 heavy (non-hydrogen) atoms. The summed E-state index contributed by atoms with van der Waals surface area (Å²) in [4.78, 5) is 11.2. The van der Waals surface area contributed by atoms with Gasteiger partial charge < -0.3 is 4.74 Å². The van der Waals surface area contributed by atoms with Gasteiger partial charge in [0.1, 0.15) is 5.75 Å². The smallest absolute Gasteiger partial charge is 0.159 e. The van der Waals surface area contributed by atoms with Gasteiger partial charge in [-0.05, 0) is 37.8 Å². The van der Waals surface area contributed by atoms with Crippen molar-refractivity contribution < 1.29 is 9.53 Å². The third-order valence-electron chi connectivity index (χ3n) is 2.44. The summed E-state index contributed by atoms with van der Waals surface area (Å²) in [5, 5.41) is 0. The minimum absolute atomic E-state index is 0.0765. The zero-order chi connectivity index (χ0) is 12.0. The molecule has 0 bridgehead atoms. The van der Waals surface area contributed by atoms with Crippen LogP contribution in [0.15, 0.2) is 24.3 Å². The number of rotatable bonds is 6. The fourth-order valence-electron chi connectivity index (χ4n) is 1.49. The normalized spacial score (nSPS) is 10.5. The summed E-state index contributed by atoms with van der Waals surface area (Å²) in [7, 11) is 0. The highest BCUT2D eigenvalue weighted by Gasteiger charge is 2.01. The molecule has 1 aromatic rings. The fourth-order valence-corrected chi connectivity index (χ4v) is 1.49. The van der Waals surface area contributed by atoms with Gasteiger partial charge in [-0.3, -0.25) is 4.79 Å². The Balaban J connectivity index is 2.42. The molecule has 0 aromatic heterocycles. The molecular weight excluding hydrogens is 200 g/mol. The van der Waals surface area contributed by atoms with Gasteiger partial charge in [-0.2, -0.15) is 0 Å². The van der Waals surface area contributed by atoms with E-state index in [1.165, 1.54) is 6.42 Å². The number of hydrogen-bond donors (Lipinski definition) is 0. The molecule has 0 saturated heterocycles. The number of ether oxygens (including phenoxy) is 1. The lowest BCUT2D eigenvalue weighted by atomic mass is 10.1. The van der Waals surface area contributed by atoms with Gasteiger partial charge in [0.2, 0.25) is 0 Å².